The molecule has 1 aliphatic rings. The first kappa shape index (κ1) is 15.8. The Kier molecular flexibility index (Phi) is 3.76. The lowest BCUT2D eigenvalue weighted by atomic mass is 9.83. The minimum atomic E-state index is -0.513. The van der Waals surface area contributed by atoms with E-state index >= 15 is 0 Å². The summed E-state index contributed by atoms with van der Waals surface area (Å²) >= 11 is 12.8. The molecule has 0 saturated heterocycles. The van der Waals surface area contributed by atoms with Gasteiger partial charge in [0.1, 0.15) is 17.2 Å². The Morgan fingerprint density at radius 1 is 1.08 bits per heavy atom. The van der Waals surface area contributed by atoms with Crippen LogP contribution in [0.2, 0.25) is 10.0 Å². The van der Waals surface area contributed by atoms with Crippen molar-refractivity contribution in [2.24, 2.45) is 5.73 Å². The number of rotatable bonds is 1. The van der Waals surface area contributed by atoms with Crippen LogP contribution in [-0.4, -0.2) is 4.98 Å². The molecule has 2 heterocycles. The van der Waals surface area contributed by atoms with Crippen LogP contribution in [0.15, 0.2) is 60.1 Å². The first-order valence-corrected chi connectivity index (χ1v) is 8.26. The number of aromatic nitrogens is 1. The van der Waals surface area contributed by atoms with Gasteiger partial charge < -0.3 is 10.5 Å². The lowest BCUT2D eigenvalue weighted by Crippen LogP contribution is -2.21. The van der Waals surface area contributed by atoms with Gasteiger partial charge in [-0.2, -0.15) is 5.26 Å². The molecule has 0 spiro atoms. The molecular formula is C19H11Cl2N3O. The van der Waals surface area contributed by atoms with Gasteiger partial charge in [0.05, 0.1) is 5.92 Å². The van der Waals surface area contributed by atoms with Gasteiger partial charge in [0, 0.05) is 32.8 Å². The third-order valence-electron chi connectivity index (χ3n) is 4.24. The molecule has 0 fully saturated rings. The number of pyridine rings is 1. The van der Waals surface area contributed by atoms with Crippen LogP contribution in [0.5, 0.6) is 5.75 Å². The minimum absolute atomic E-state index is 0.0362. The average Bonchev–Trinajstić information content (AvgIpc) is 2.61. The number of hydrogen-bond donors (Lipinski definition) is 1. The monoisotopic (exact) mass is 367 g/mol. The summed E-state index contributed by atoms with van der Waals surface area (Å²) in [5.74, 6) is 0.0473. The molecule has 1 aromatic heterocycles. The third kappa shape index (κ3) is 2.41. The van der Waals surface area contributed by atoms with Crippen LogP contribution < -0.4 is 10.5 Å². The van der Waals surface area contributed by atoms with Gasteiger partial charge >= 0.3 is 0 Å². The first-order valence-electron chi connectivity index (χ1n) is 7.51. The molecular weight excluding hydrogens is 357 g/mol. The summed E-state index contributed by atoms with van der Waals surface area (Å²) in [6.45, 7) is 0. The van der Waals surface area contributed by atoms with Crippen molar-refractivity contribution in [3.63, 3.8) is 0 Å². The second-order valence-electron chi connectivity index (χ2n) is 5.62. The van der Waals surface area contributed by atoms with Crippen LogP contribution in [0.1, 0.15) is 17.0 Å². The zero-order valence-corrected chi connectivity index (χ0v) is 14.3. The smallest absolute Gasteiger partial charge is 0.205 e. The van der Waals surface area contributed by atoms with Crippen LogP contribution in [0.3, 0.4) is 0 Å². The molecule has 4 rings (SSSR count). The fraction of sp³-hybridized carbons (Fsp3) is 0.0526. The lowest BCUT2D eigenvalue weighted by molar-refractivity contribution is 0.397. The standard InChI is InChI=1S/C19H11Cl2N3O/c20-13-4-1-5-14(21)16(13)15-11-7-6-10-3-2-8-24-17(10)18(11)25-19(23)12(15)9-22/h1-8,15H,23H2. The molecule has 2 N–H and O–H groups in total. The molecule has 0 radical (unpaired) electrons. The van der Waals surface area contributed by atoms with E-state index in [1.165, 1.54) is 0 Å². The van der Waals surface area contributed by atoms with Crippen molar-refractivity contribution < 1.29 is 4.74 Å². The fourth-order valence-electron chi connectivity index (χ4n) is 3.14. The normalized spacial score (nSPS) is 16.3. The second-order valence-corrected chi connectivity index (χ2v) is 6.43. The predicted octanol–water partition coefficient (Wildman–Crippen LogP) is 4.76. The topological polar surface area (TPSA) is 71.9 Å². The lowest BCUT2D eigenvalue weighted by Gasteiger charge is -2.28. The number of hydrogen-bond acceptors (Lipinski definition) is 4. The summed E-state index contributed by atoms with van der Waals surface area (Å²) in [7, 11) is 0. The van der Waals surface area contributed by atoms with Gasteiger partial charge in [-0.15, -0.1) is 0 Å². The molecule has 25 heavy (non-hydrogen) atoms. The number of nitrogens with two attached hydrogens (primary N) is 1. The number of nitriles is 1. The van der Waals surface area contributed by atoms with Crippen molar-refractivity contribution in [2.45, 2.75) is 5.92 Å². The van der Waals surface area contributed by atoms with Gasteiger partial charge in [-0.3, -0.25) is 4.98 Å². The maximum atomic E-state index is 9.64. The van der Waals surface area contributed by atoms with Gasteiger partial charge in [-0.25, -0.2) is 0 Å². The van der Waals surface area contributed by atoms with E-state index < -0.39 is 5.92 Å². The van der Waals surface area contributed by atoms with Gasteiger partial charge in [0.2, 0.25) is 5.88 Å². The van der Waals surface area contributed by atoms with Crippen molar-refractivity contribution in [3.05, 3.63) is 81.3 Å². The van der Waals surface area contributed by atoms with Crippen molar-refractivity contribution in [2.75, 3.05) is 0 Å². The van der Waals surface area contributed by atoms with Crippen LogP contribution >= 0.6 is 23.2 Å². The predicted molar refractivity (Wildman–Crippen MR) is 97.5 cm³/mol. The zero-order valence-electron chi connectivity index (χ0n) is 12.8. The molecule has 0 amide bonds. The highest BCUT2D eigenvalue weighted by Gasteiger charge is 2.34. The molecule has 1 unspecified atom stereocenters. The van der Waals surface area contributed by atoms with Gasteiger partial charge in [-0.1, -0.05) is 47.5 Å². The van der Waals surface area contributed by atoms with Gasteiger partial charge in [-0.05, 0) is 18.2 Å². The maximum absolute atomic E-state index is 9.64. The van der Waals surface area contributed by atoms with E-state index in [1.54, 1.807) is 24.4 Å². The first-order chi connectivity index (χ1) is 12.1. The van der Waals surface area contributed by atoms with Crippen LogP contribution in [-0.2, 0) is 0 Å². The van der Waals surface area contributed by atoms with Gasteiger partial charge in [0.25, 0.3) is 0 Å². The van der Waals surface area contributed by atoms with Gasteiger partial charge in [0.15, 0.2) is 5.75 Å². The number of halogens is 2. The molecule has 0 bridgehead atoms. The molecule has 1 aliphatic heterocycles. The Hall–Kier alpha value is -2.74. The van der Waals surface area contributed by atoms with Crippen molar-refractivity contribution in [3.8, 4) is 11.8 Å². The summed E-state index contributed by atoms with van der Waals surface area (Å²) in [5, 5.41) is 11.5. The van der Waals surface area contributed by atoms with E-state index in [0.717, 1.165) is 10.9 Å². The molecule has 6 heteroatoms. The highest BCUT2D eigenvalue weighted by atomic mass is 35.5. The van der Waals surface area contributed by atoms with E-state index in [2.05, 4.69) is 11.1 Å². The molecule has 2 aromatic carbocycles. The van der Waals surface area contributed by atoms with E-state index in [4.69, 9.17) is 33.7 Å². The Balaban J connectivity index is 2.07. The molecule has 0 aliphatic carbocycles. The Bertz CT molecular complexity index is 1070. The summed E-state index contributed by atoms with van der Waals surface area (Å²) in [4.78, 5) is 4.40. The molecule has 1 atom stereocenters. The van der Waals surface area contributed by atoms with E-state index in [9.17, 15) is 5.26 Å². The largest absolute Gasteiger partial charge is 0.438 e. The summed E-state index contributed by atoms with van der Waals surface area (Å²) < 4.78 is 5.77. The Labute approximate surface area is 154 Å². The number of benzene rings is 2. The van der Waals surface area contributed by atoms with Crippen LogP contribution in [0.4, 0.5) is 0 Å². The quantitative estimate of drug-likeness (QED) is 0.672. The molecule has 4 nitrogen and oxygen atoms in total. The molecule has 3 aromatic rings. The number of nitrogens with zero attached hydrogens (tertiary/aromatic N) is 2. The maximum Gasteiger partial charge on any atom is 0.205 e. The average molecular weight is 368 g/mol. The minimum Gasteiger partial charge on any atom is -0.438 e. The highest BCUT2D eigenvalue weighted by Crippen LogP contribution is 2.48. The van der Waals surface area contributed by atoms with E-state index in [-0.39, 0.29) is 11.5 Å². The Morgan fingerprint density at radius 2 is 1.84 bits per heavy atom. The molecule has 122 valence electrons. The zero-order chi connectivity index (χ0) is 17.6. The van der Waals surface area contributed by atoms with Crippen molar-refractivity contribution in [1.29, 1.82) is 5.26 Å². The summed E-state index contributed by atoms with van der Waals surface area (Å²) in [5.41, 5.74) is 8.38. The third-order valence-corrected chi connectivity index (χ3v) is 4.90. The highest BCUT2D eigenvalue weighted by molar-refractivity contribution is 6.36. The van der Waals surface area contributed by atoms with Crippen molar-refractivity contribution in [1.82, 2.24) is 4.98 Å². The van der Waals surface area contributed by atoms with Crippen LogP contribution in [0, 0.1) is 11.3 Å². The Morgan fingerprint density at radius 3 is 2.56 bits per heavy atom. The van der Waals surface area contributed by atoms with E-state index in [1.807, 2.05) is 24.3 Å². The number of ether oxygens (including phenoxy) is 1. The number of fused-ring (bicyclic) bond motifs is 3. The summed E-state index contributed by atoms with van der Waals surface area (Å²) in [6, 6.07) is 15.0. The second kappa shape index (κ2) is 5.96. The molecule has 0 saturated carbocycles. The van der Waals surface area contributed by atoms with Crippen LogP contribution in [0.25, 0.3) is 10.9 Å². The SMILES string of the molecule is N#CC1=C(N)Oc2c(ccc3cccnc23)C1c1c(Cl)cccc1Cl. The number of allylic oxidation sites excluding steroid dienone is 1. The van der Waals surface area contributed by atoms with E-state index in [0.29, 0.717) is 26.9 Å². The van der Waals surface area contributed by atoms with Crippen molar-refractivity contribution >= 4 is 34.1 Å². The summed E-state index contributed by atoms with van der Waals surface area (Å²) in [6.07, 6.45) is 1.68. The fourth-order valence-corrected chi connectivity index (χ4v) is 3.75.